The van der Waals surface area contributed by atoms with Gasteiger partial charge in [-0.05, 0) is 47.7 Å². The fourth-order valence-corrected chi connectivity index (χ4v) is 3.63. The van der Waals surface area contributed by atoms with Crippen molar-refractivity contribution in [1.82, 2.24) is 0 Å². The Labute approximate surface area is 155 Å². The van der Waals surface area contributed by atoms with Crippen molar-refractivity contribution < 1.29 is 4.79 Å². The van der Waals surface area contributed by atoms with Crippen molar-refractivity contribution >= 4 is 45.8 Å². The zero-order valence-corrected chi connectivity index (χ0v) is 14.8. The quantitative estimate of drug-likeness (QED) is 0.421. The van der Waals surface area contributed by atoms with Crippen LogP contribution in [0.15, 0.2) is 77.2 Å². The number of hydrogen-bond acceptors (Lipinski definition) is 2. The predicted molar refractivity (Wildman–Crippen MR) is 105 cm³/mol. The molecule has 3 aromatic rings. The van der Waals surface area contributed by atoms with Crippen molar-refractivity contribution in [3.8, 4) is 0 Å². The average Bonchev–Trinajstić information content (AvgIpc) is 3.23. The molecule has 1 amide bonds. The van der Waals surface area contributed by atoms with Gasteiger partial charge in [-0.25, -0.2) is 0 Å². The molecule has 0 spiro atoms. The highest BCUT2D eigenvalue weighted by Crippen LogP contribution is 2.41. The highest BCUT2D eigenvalue weighted by molar-refractivity contribution is 7.08. The molecule has 0 N–H and O–H groups in total. The maximum Gasteiger partial charge on any atom is 0.271 e. The van der Waals surface area contributed by atoms with Crippen LogP contribution in [0.25, 0.3) is 5.57 Å². The number of hydrogen-bond donors (Lipinski definition) is 0. The zero-order valence-electron chi connectivity index (χ0n) is 13.3. The molecule has 0 atom stereocenters. The first kappa shape index (κ1) is 15.9. The van der Waals surface area contributed by atoms with Crippen LogP contribution in [0.5, 0.6) is 0 Å². The van der Waals surface area contributed by atoms with Crippen molar-refractivity contribution in [2.24, 2.45) is 0 Å². The van der Waals surface area contributed by atoms with Gasteiger partial charge in [0.15, 0.2) is 0 Å². The van der Waals surface area contributed by atoms with Crippen molar-refractivity contribution in [3.63, 3.8) is 0 Å². The molecule has 0 fully saturated rings. The molecule has 1 aliphatic rings. The predicted octanol–water partition coefficient (Wildman–Crippen LogP) is 5.86. The van der Waals surface area contributed by atoms with Gasteiger partial charge in [-0.3, -0.25) is 9.69 Å². The van der Waals surface area contributed by atoms with Crippen molar-refractivity contribution in [2.45, 2.75) is 6.42 Å². The number of anilines is 2. The molecule has 0 aliphatic carbocycles. The minimum absolute atomic E-state index is 0.0352. The van der Waals surface area contributed by atoms with E-state index in [1.54, 1.807) is 16.2 Å². The normalized spacial score (nSPS) is 12.9. The maximum absolute atomic E-state index is 12.9. The van der Waals surface area contributed by atoms with Gasteiger partial charge in [0.25, 0.3) is 5.91 Å². The van der Waals surface area contributed by atoms with E-state index in [1.165, 1.54) is 0 Å². The van der Waals surface area contributed by atoms with Crippen LogP contribution in [0.4, 0.5) is 11.4 Å². The minimum Gasteiger partial charge on any atom is -0.275 e. The van der Waals surface area contributed by atoms with Gasteiger partial charge < -0.3 is 0 Å². The lowest BCUT2D eigenvalue weighted by atomic mass is 10.1. The number of fused-ring (bicyclic) bond motifs is 1. The van der Waals surface area contributed by atoms with Gasteiger partial charge in [0.1, 0.15) is 0 Å². The van der Waals surface area contributed by atoms with Crippen LogP contribution in [0, 0.1) is 0 Å². The fraction of sp³-hybridized carbons (Fsp3) is 0.0476. The lowest BCUT2D eigenvalue weighted by molar-refractivity contribution is -0.112. The molecule has 2 heterocycles. The van der Waals surface area contributed by atoms with E-state index in [2.05, 4.69) is 5.73 Å². The van der Waals surface area contributed by atoms with Gasteiger partial charge in [-0.2, -0.15) is 11.3 Å². The van der Waals surface area contributed by atoms with Crippen LogP contribution < -0.4 is 4.90 Å². The van der Waals surface area contributed by atoms with E-state index in [4.69, 9.17) is 11.6 Å². The molecular formula is C21H14ClNOS. The molecule has 1 aliphatic heterocycles. The Morgan fingerprint density at radius 3 is 2.64 bits per heavy atom. The van der Waals surface area contributed by atoms with E-state index in [0.29, 0.717) is 12.0 Å². The van der Waals surface area contributed by atoms with Gasteiger partial charge in [0.05, 0.1) is 16.9 Å². The number of halogens is 1. The van der Waals surface area contributed by atoms with E-state index in [9.17, 15) is 4.79 Å². The number of para-hydroxylation sites is 1. The fourth-order valence-electron chi connectivity index (χ4n) is 2.89. The van der Waals surface area contributed by atoms with E-state index in [0.717, 1.165) is 27.5 Å². The SMILES string of the molecule is O=C1C(=C=CCc2ccc(Cl)cc2)c2ccccc2N1c1ccsc1. The first-order chi connectivity index (χ1) is 12.2. The van der Waals surface area contributed by atoms with E-state index in [1.807, 2.05) is 71.4 Å². The summed E-state index contributed by atoms with van der Waals surface area (Å²) in [4.78, 5) is 14.7. The molecule has 25 heavy (non-hydrogen) atoms. The summed E-state index contributed by atoms with van der Waals surface area (Å²) < 4.78 is 0. The summed E-state index contributed by atoms with van der Waals surface area (Å²) in [5, 5.41) is 4.68. The lowest BCUT2D eigenvalue weighted by Crippen LogP contribution is -2.19. The number of carbonyl (C=O) groups excluding carboxylic acids is 1. The number of amides is 1. The molecule has 4 heteroatoms. The summed E-state index contributed by atoms with van der Waals surface area (Å²) in [5.41, 5.74) is 7.68. The Kier molecular flexibility index (Phi) is 4.29. The van der Waals surface area contributed by atoms with Crippen LogP contribution >= 0.6 is 22.9 Å². The molecule has 0 unspecified atom stereocenters. The summed E-state index contributed by atoms with van der Waals surface area (Å²) >= 11 is 7.49. The third-order valence-corrected chi connectivity index (χ3v) is 5.02. The Bertz CT molecular complexity index is 983. The molecule has 1 aromatic heterocycles. The van der Waals surface area contributed by atoms with Crippen LogP contribution in [-0.2, 0) is 11.2 Å². The number of carbonyl (C=O) groups is 1. The lowest BCUT2D eigenvalue weighted by Gasteiger charge is -2.14. The molecule has 0 saturated carbocycles. The third-order valence-electron chi connectivity index (χ3n) is 4.09. The van der Waals surface area contributed by atoms with Gasteiger partial charge in [-0.15, -0.1) is 5.73 Å². The largest absolute Gasteiger partial charge is 0.275 e. The van der Waals surface area contributed by atoms with Gasteiger partial charge in [0, 0.05) is 16.0 Å². The van der Waals surface area contributed by atoms with E-state index < -0.39 is 0 Å². The maximum atomic E-state index is 12.9. The summed E-state index contributed by atoms with van der Waals surface area (Å²) in [6.07, 6.45) is 2.61. The standard InChI is InChI=1S/C21H14ClNOS/c22-16-10-8-15(9-11-16)4-3-6-19-18-5-1-2-7-20(18)23(21(19)24)17-12-13-25-14-17/h1-3,5,7-14H,4H2. The molecule has 0 bridgehead atoms. The molecule has 0 saturated heterocycles. The molecule has 0 radical (unpaired) electrons. The third kappa shape index (κ3) is 3.06. The van der Waals surface area contributed by atoms with Gasteiger partial charge in [0.2, 0.25) is 0 Å². The van der Waals surface area contributed by atoms with Gasteiger partial charge >= 0.3 is 0 Å². The Balaban J connectivity index is 1.71. The van der Waals surface area contributed by atoms with E-state index >= 15 is 0 Å². The highest BCUT2D eigenvalue weighted by atomic mass is 35.5. The van der Waals surface area contributed by atoms with Crippen molar-refractivity contribution in [1.29, 1.82) is 0 Å². The van der Waals surface area contributed by atoms with Gasteiger partial charge in [-0.1, -0.05) is 41.9 Å². The number of nitrogens with zero attached hydrogens (tertiary/aromatic N) is 1. The summed E-state index contributed by atoms with van der Waals surface area (Å²) in [6.45, 7) is 0. The minimum atomic E-state index is -0.0352. The van der Waals surface area contributed by atoms with Crippen LogP contribution in [-0.4, -0.2) is 5.91 Å². The second-order valence-corrected chi connectivity index (χ2v) is 6.91. The van der Waals surface area contributed by atoms with Crippen LogP contribution in [0.3, 0.4) is 0 Å². The molecule has 122 valence electrons. The topological polar surface area (TPSA) is 20.3 Å². The van der Waals surface area contributed by atoms with Crippen LogP contribution in [0.2, 0.25) is 5.02 Å². The Morgan fingerprint density at radius 2 is 1.88 bits per heavy atom. The summed E-state index contributed by atoms with van der Waals surface area (Å²) in [7, 11) is 0. The van der Waals surface area contributed by atoms with Crippen LogP contribution in [0.1, 0.15) is 11.1 Å². The Hall–Kier alpha value is -2.58. The summed E-state index contributed by atoms with van der Waals surface area (Å²) in [5.74, 6) is -0.0352. The van der Waals surface area contributed by atoms with E-state index in [-0.39, 0.29) is 5.91 Å². The molecular weight excluding hydrogens is 350 g/mol. The van der Waals surface area contributed by atoms with Crippen molar-refractivity contribution in [3.05, 3.63) is 93.3 Å². The Morgan fingerprint density at radius 1 is 1.08 bits per heavy atom. The number of rotatable bonds is 3. The smallest absolute Gasteiger partial charge is 0.271 e. The zero-order chi connectivity index (χ0) is 17.2. The molecule has 2 aromatic carbocycles. The number of thiophene rings is 1. The molecule has 2 nitrogen and oxygen atoms in total. The second kappa shape index (κ2) is 6.73. The second-order valence-electron chi connectivity index (χ2n) is 5.69. The monoisotopic (exact) mass is 363 g/mol. The average molecular weight is 364 g/mol. The van der Waals surface area contributed by atoms with Crippen molar-refractivity contribution in [2.75, 3.05) is 4.90 Å². The summed E-state index contributed by atoms with van der Waals surface area (Å²) in [6, 6.07) is 17.5. The first-order valence-electron chi connectivity index (χ1n) is 7.90. The first-order valence-corrected chi connectivity index (χ1v) is 9.22. The number of benzene rings is 2. The highest BCUT2D eigenvalue weighted by Gasteiger charge is 2.33. The molecule has 4 rings (SSSR count).